The van der Waals surface area contributed by atoms with Crippen LogP contribution in [0.3, 0.4) is 0 Å². The number of nitrogens with one attached hydrogen (secondary N) is 1. The number of carbonyl (C=O) groups is 2. The second-order valence-corrected chi connectivity index (χ2v) is 9.69. The summed E-state index contributed by atoms with van der Waals surface area (Å²) in [6, 6.07) is 30.0. The van der Waals surface area contributed by atoms with Crippen LogP contribution in [0.1, 0.15) is 39.4 Å². The van der Waals surface area contributed by atoms with E-state index in [1.807, 2.05) is 73.7 Å². The minimum Gasteiger partial charge on any atom is -0.445 e. The van der Waals surface area contributed by atoms with Gasteiger partial charge in [0.2, 0.25) is 0 Å². The van der Waals surface area contributed by atoms with Crippen LogP contribution in [0.5, 0.6) is 5.75 Å². The molecule has 4 aromatic carbocycles. The third-order valence-corrected chi connectivity index (χ3v) is 6.93. The van der Waals surface area contributed by atoms with Gasteiger partial charge in [-0.1, -0.05) is 91.0 Å². The lowest BCUT2D eigenvalue weighted by atomic mass is 9.98. The fraction of sp³-hybridized carbons (Fsp3) is 0.147. The summed E-state index contributed by atoms with van der Waals surface area (Å²) in [7, 11) is 0. The average Bonchev–Trinajstić information content (AvgIpc) is 3.00. The zero-order valence-electron chi connectivity index (χ0n) is 22.8. The van der Waals surface area contributed by atoms with E-state index in [4.69, 9.17) is 13.9 Å². The van der Waals surface area contributed by atoms with E-state index in [9.17, 15) is 14.4 Å². The normalized spacial score (nSPS) is 11.6. The van der Waals surface area contributed by atoms with Crippen LogP contribution in [-0.4, -0.2) is 12.1 Å². The van der Waals surface area contributed by atoms with Crippen molar-refractivity contribution in [3.63, 3.8) is 0 Å². The Kier molecular flexibility index (Phi) is 8.25. The van der Waals surface area contributed by atoms with Crippen molar-refractivity contribution in [3.05, 3.63) is 147 Å². The molecule has 1 amide bonds. The number of hydrogen-bond acceptors (Lipinski definition) is 6. The van der Waals surface area contributed by atoms with Crippen molar-refractivity contribution in [1.29, 1.82) is 0 Å². The topological polar surface area (TPSA) is 94.8 Å². The second kappa shape index (κ2) is 12.3. The highest BCUT2D eigenvalue weighted by atomic mass is 16.6. The largest absolute Gasteiger partial charge is 0.445 e. The molecule has 41 heavy (non-hydrogen) atoms. The minimum absolute atomic E-state index is 0.0532. The molecule has 0 radical (unpaired) electrons. The molecule has 0 saturated carbocycles. The Bertz CT molecular complexity index is 1730. The second-order valence-electron chi connectivity index (χ2n) is 9.69. The zero-order valence-corrected chi connectivity index (χ0v) is 22.8. The molecule has 0 aliphatic carbocycles. The lowest BCUT2D eigenvalue weighted by Gasteiger charge is -2.19. The van der Waals surface area contributed by atoms with Gasteiger partial charge in [0.05, 0.1) is 0 Å². The van der Waals surface area contributed by atoms with Gasteiger partial charge < -0.3 is 19.2 Å². The van der Waals surface area contributed by atoms with E-state index in [-0.39, 0.29) is 12.4 Å². The van der Waals surface area contributed by atoms with E-state index in [1.54, 1.807) is 43.3 Å². The molecule has 0 aliphatic heterocycles. The first-order valence-corrected chi connectivity index (χ1v) is 13.2. The molecule has 7 heteroatoms. The van der Waals surface area contributed by atoms with Crippen molar-refractivity contribution in [3.8, 4) is 5.75 Å². The molecule has 0 bridgehead atoms. The third-order valence-electron chi connectivity index (χ3n) is 6.93. The Morgan fingerprint density at radius 2 is 1.39 bits per heavy atom. The maximum absolute atomic E-state index is 13.4. The number of amides is 1. The fourth-order valence-electron chi connectivity index (χ4n) is 4.66. The first-order valence-electron chi connectivity index (χ1n) is 13.2. The maximum Gasteiger partial charge on any atom is 0.408 e. The van der Waals surface area contributed by atoms with Crippen molar-refractivity contribution >= 4 is 23.0 Å². The van der Waals surface area contributed by atoms with Crippen molar-refractivity contribution in [2.24, 2.45) is 0 Å². The van der Waals surface area contributed by atoms with Crippen LogP contribution >= 0.6 is 0 Å². The van der Waals surface area contributed by atoms with Gasteiger partial charge >= 0.3 is 17.7 Å². The summed E-state index contributed by atoms with van der Waals surface area (Å²) in [6.07, 6.45) is -0.312. The summed E-state index contributed by atoms with van der Waals surface area (Å²) in [4.78, 5) is 39.1. The first kappa shape index (κ1) is 27.4. The van der Waals surface area contributed by atoms with E-state index >= 15 is 0 Å². The average molecular weight is 548 g/mol. The number of rotatable bonds is 8. The number of esters is 1. The van der Waals surface area contributed by atoms with Gasteiger partial charge in [-0.25, -0.2) is 14.4 Å². The van der Waals surface area contributed by atoms with Gasteiger partial charge in [-0.3, -0.25) is 0 Å². The molecule has 5 aromatic rings. The number of fused-ring (bicyclic) bond motifs is 1. The standard InChI is InChI=1S/C34H29NO6/c1-22-27-18-19-29(23(2)31(27)41-32(36)28(22)20-24-12-6-3-7-13-24)40-33(37)30(26-16-10-5-11-17-26)35-34(38)39-21-25-14-8-4-9-15-25/h3-19,30H,20-21H2,1-2H3,(H,35,38)/t30-/m0/s1. The van der Waals surface area contributed by atoms with Gasteiger partial charge in [-0.05, 0) is 48.2 Å². The highest BCUT2D eigenvalue weighted by molar-refractivity contribution is 5.88. The van der Waals surface area contributed by atoms with Crippen molar-refractivity contribution < 1.29 is 23.5 Å². The quantitative estimate of drug-likeness (QED) is 0.134. The number of alkyl carbamates (subject to hydrolysis) is 1. The van der Waals surface area contributed by atoms with Crippen LogP contribution < -0.4 is 15.7 Å². The maximum atomic E-state index is 13.4. The predicted octanol–water partition coefficient (Wildman–Crippen LogP) is 6.57. The Morgan fingerprint density at radius 1 is 0.780 bits per heavy atom. The van der Waals surface area contributed by atoms with E-state index in [1.165, 1.54) is 0 Å². The molecule has 1 atom stereocenters. The molecule has 5 rings (SSSR count). The summed E-state index contributed by atoms with van der Waals surface area (Å²) >= 11 is 0. The van der Waals surface area contributed by atoms with Crippen LogP contribution in [0.4, 0.5) is 4.79 Å². The van der Waals surface area contributed by atoms with E-state index in [2.05, 4.69) is 5.32 Å². The summed E-state index contributed by atoms with van der Waals surface area (Å²) in [5.41, 5.74) is 4.15. The molecular weight excluding hydrogens is 518 g/mol. The van der Waals surface area contributed by atoms with Crippen molar-refractivity contribution in [1.82, 2.24) is 5.32 Å². The lowest BCUT2D eigenvalue weighted by molar-refractivity contribution is -0.136. The van der Waals surface area contributed by atoms with Crippen LogP contribution in [-0.2, 0) is 22.6 Å². The van der Waals surface area contributed by atoms with Crippen LogP contribution in [0.25, 0.3) is 11.0 Å². The van der Waals surface area contributed by atoms with Crippen LogP contribution in [0, 0.1) is 13.8 Å². The zero-order chi connectivity index (χ0) is 28.8. The number of carbonyl (C=O) groups excluding carboxylic acids is 2. The van der Waals surface area contributed by atoms with Crippen molar-refractivity contribution in [2.75, 3.05) is 0 Å². The van der Waals surface area contributed by atoms with E-state index in [0.717, 1.165) is 22.1 Å². The Hall–Kier alpha value is -5.17. The van der Waals surface area contributed by atoms with Gasteiger partial charge in [-0.15, -0.1) is 0 Å². The van der Waals surface area contributed by atoms with E-state index < -0.39 is 23.7 Å². The molecule has 0 saturated heterocycles. The molecule has 0 unspecified atom stereocenters. The predicted molar refractivity (Wildman–Crippen MR) is 156 cm³/mol. The number of benzene rings is 4. The van der Waals surface area contributed by atoms with Crippen LogP contribution in [0.2, 0.25) is 0 Å². The first-order chi connectivity index (χ1) is 19.9. The summed E-state index contributed by atoms with van der Waals surface area (Å²) in [5, 5.41) is 3.38. The minimum atomic E-state index is -1.13. The SMILES string of the molecule is Cc1c(Cc2ccccc2)c(=O)oc2c(C)c(OC(=O)[C@@H](NC(=O)OCc3ccccc3)c3ccccc3)ccc12. The molecular formula is C34H29NO6. The van der Waals surface area contributed by atoms with E-state index in [0.29, 0.717) is 28.7 Å². The Morgan fingerprint density at radius 3 is 2.05 bits per heavy atom. The monoisotopic (exact) mass is 547 g/mol. The molecule has 0 aliphatic rings. The smallest absolute Gasteiger partial charge is 0.408 e. The Labute approximate surface area is 237 Å². The number of ether oxygens (including phenoxy) is 2. The molecule has 7 nitrogen and oxygen atoms in total. The van der Waals surface area contributed by atoms with Gasteiger partial charge in [0.25, 0.3) is 0 Å². The third kappa shape index (κ3) is 6.36. The highest BCUT2D eigenvalue weighted by Crippen LogP contribution is 2.31. The molecule has 1 aromatic heterocycles. The van der Waals surface area contributed by atoms with Gasteiger partial charge in [0.1, 0.15) is 17.9 Å². The lowest BCUT2D eigenvalue weighted by Crippen LogP contribution is -2.36. The summed E-state index contributed by atoms with van der Waals surface area (Å²) < 4.78 is 16.8. The number of aryl methyl sites for hydroxylation is 2. The Balaban J connectivity index is 1.38. The molecule has 206 valence electrons. The van der Waals surface area contributed by atoms with Gasteiger partial charge in [0, 0.05) is 22.9 Å². The molecule has 1 N–H and O–H groups in total. The fourth-order valence-corrected chi connectivity index (χ4v) is 4.66. The molecule has 0 fully saturated rings. The summed E-state index contributed by atoms with van der Waals surface area (Å²) in [5.74, 6) is -0.490. The van der Waals surface area contributed by atoms with Gasteiger partial charge in [0.15, 0.2) is 6.04 Å². The molecule has 0 spiro atoms. The summed E-state index contributed by atoms with van der Waals surface area (Å²) in [6.45, 7) is 3.67. The highest BCUT2D eigenvalue weighted by Gasteiger charge is 2.27. The van der Waals surface area contributed by atoms with Crippen LogP contribution in [0.15, 0.2) is 112 Å². The van der Waals surface area contributed by atoms with Gasteiger partial charge in [-0.2, -0.15) is 0 Å². The number of hydrogen-bond donors (Lipinski definition) is 1. The molecule has 1 heterocycles. The van der Waals surface area contributed by atoms with Crippen molar-refractivity contribution in [2.45, 2.75) is 32.9 Å².